The fraction of sp³-hybridized carbons (Fsp3) is 0.312. The Hall–Kier alpha value is -1.73. The SMILES string of the molecule is S=C(NCc1ccccc1)N1CCN(c2ncc(Br)cn2)CC1. The standard InChI is InChI=1S/C16H18BrN5S/c17-14-11-18-15(19-12-14)21-6-8-22(9-7-21)16(23)20-10-13-4-2-1-3-5-13/h1-5,11-12H,6-10H2,(H,20,23). The van der Waals surface area contributed by atoms with Crippen molar-refractivity contribution < 1.29 is 0 Å². The highest BCUT2D eigenvalue weighted by molar-refractivity contribution is 9.10. The molecule has 1 aromatic carbocycles. The van der Waals surface area contributed by atoms with Crippen LogP contribution in [0.25, 0.3) is 0 Å². The van der Waals surface area contributed by atoms with Crippen LogP contribution in [0.4, 0.5) is 5.95 Å². The molecule has 0 spiro atoms. The first kappa shape index (κ1) is 16.1. The van der Waals surface area contributed by atoms with E-state index in [1.807, 2.05) is 18.2 Å². The van der Waals surface area contributed by atoms with Crippen LogP contribution in [0.3, 0.4) is 0 Å². The fourth-order valence-electron chi connectivity index (χ4n) is 2.46. The molecule has 5 nitrogen and oxygen atoms in total. The highest BCUT2D eigenvalue weighted by Gasteiger charge is 2.20. The molecule has 1 aliphatic heterocycles. The maximum Gasteiger partial charge on any atom is 0.225 e. The van der Waals surface area contributed by atoms with Crippen LogP contribution in [-0.2, 0) is 6.54 Å². The lowest BCUT2D eigenvalue weighted by molar-refractivity contribution is 0.377. The van der Waals surface area contributed by atoms with Crippen LogP contribution in [0.15, 0.2) is 47.2 Å². The van der Waals surface area contributed by atoms with E-state index in [2.05, 4.69) is 53.1 Å². The Morgan fingerprint density at radius 1 is 1.09 bits per heavy atom. The molecule has 1 aliphatic rings. The summed E-state index contributed by atoms with van der Waals surface area (Å²) in [5, 5.41) is 4.14. The second kappa shape index (κ2) is 7.70. The molecule has 0 amide bonds. The van der Waals surface area contributed by atoms with Gasteiger partial charge < -0.3 is 15.1 Å². The number of aromatic nitrogens is 2. The summed E-state index contributed by atoms with van der Waals surface area (Å²) in [6.07, 6.45) is 3.56. The van der Waals surface area contributed by atoms with Crippen molar-refractivity contribution in [2.45, 2.75) is 6.54 Å². The first-order chi connectivity index (χ1) is 11.2. The number of thiocarbonyl (C=S) groups is 1. The molecule has 3 rings (SSSR count). The van der Waals surface area contributed by atoms with Crippen molar-refractivity contribution in [3.05, 3.63) is 52.8 Å². The van der Waals surface area contributed by atoms with Gasteiger partial charge in [-0.25, -0.2) is 9.97 Å². The predicted octanol–water partition coefficient (Wildman–Crippen LogP) is 2.44. The molecule has 0 aliphatic carbocycles. The zero-order valence-electron chi connectivity index (χ0n) is 12.7. The number of piperazine rings is 1. The third-order valence-electron chi connectivity index (χ3n) is 3.74. The number of hydrogen-bond donors (Lipinski definition) is 1. The molecule has 1 aromatic heterocycles. The van der Waals surface area contributed by atoms with Crippen molar-refractivity contribution in [2.75, 3.05) is 31.1 Å². The lowest BCUT2D eigenvalue weighted by Gasteiger charge is -2.36. The predicted molar refractivity (Wildman–Crippen MR) is 99.4 cm³/mol. The van der Waals surface area contributed by atoms with Crippen molar-refractivity contribution in [1.82, 2.24) is 20.2 Å². The summed E-state index contributed by atoms with van der Waals surface area (Å²) in [5.74, 6) is 0.774. The third kappa shape index (κ3) is 4.39. The van der Waals surface area contributed by atoms with Crippen molar-refractivity contribution >= 4 is 39.2 Å². The topological polar surface area (TPSA) is 44.3 Å². The molecular formula is C16H18BrN5S. The van der Waals surface area contributed by atoms with Gasteiger partial charge in [0, 0.05) is 45.1 Å². The van der Waals surface area contributed by atoms with Crippen LogP contribution in [0.1, 0.15) is 5.56 Å². The summed E-state index contributed by atoms with van der Waals surface area (Å²) >= 11 is 8.86. The molecule has 2 heterocycles. The lowest BCUT2D eigenvalue weighted by atomic mass is 10.2. The maximum atomic E-state index is 5.50. The minimum absolute atomic E-state index is 0.760. The summed E-state index contributed by atoms with van der Waals surface area (Å²) in [6, 6.07) is 10.3. The molecule has 120 valence electrons. The Balaban J connectivity index is 1.48. The van der Waals surface area contributed by atoms with Crippen LogP contribution >= 0.6 is 28.1 Å². The van der Waals surface area contributed by atoms with Gasteiger partial charge >= 0.3 is 0 Å². The normalized spacial score (nSPS) is 14.7. The Bertz CT molecular complexity index is 641. The van der Waals surface area contributed by atoms with Gasteiger partial charge in [-0.3, -0.25) is 0 Å². The van der Waals surface area contributed by atoms with Crippen molar-refractivity contribution in [1.29, 1.82) is 0 Å². The number of rotatable bonds is 3. The average Bonchev–Trinajstić information content (AvgIpc) is 2.61. The van der Waals surface area contributed by atoms with E-state index in [-0.39, 0.29) is 0 Å². The quantitative estimate of drug-likeness (QED) is 0.810. The highest BCUT2D eigenvalue weighted by Crippen LogP contribution is 2.13. The number of benzene rings is 1. The van der Waals surface area contributed by atoms with Crippen LogP contribution in [0.2, 0.25) is 0 Å². The molecule has 0 atom stereocenters. The molecule has 0 saturated carbocycles. The van der Waals surface area contributed by atoms with E-state index in [0.717, 1.165) is 48.3 Å². The van der Waals surface area contributed by atoms with E-state index in [0.29, 0.717) is 0 Å². The van der Waals surface area contributed by atoms with E-state index in [1.165, 1.54) is 5.56 Å². The monoisotopic (exact) mass is 391 g/mol. The van der Waals surface area contributed by atoms with Gasteiger partial charge in [0.25, 0.3) is 0 Å². The smallest absolute Gasteiger partial charge is 0.225 e. The summed E-state index contributed by atoms with van der Waals surface area (Å²) in [7, 11) is 0. The number of nitrogens with one attached hydrogen (secondary N) is 1. The lowest BCUT2D eigenvalue weighted by Crippen LogP contribution is -2.52. The molecule has 0 unspecified atom stereocenters. The Labute approximate surface area is 149 Å². The highest BCUT2D eigenvalue weighted by atomic mass is 79.9. The fourth-order valence-corrected chi connectivity index (χ4v) is 2.92. The van der Waals surface area contributed by atoms with Crippen molar-refractivity contribution in [3.8, 4) is 0 Å². The molecule has 2 aromatic rings. The summed E-state index contributed by atoms with van der Waals surface area (Å²) in [6.45, 7) is 4.25. The van der Waals surface area contributed by atoms with E-state index in [4.69, 9.17) is 12.2 Å². The van der Waals surface area contributed by atoms with E-state index >= 15 is 0 Å². The van der Waals surface area contributed by atoms with Crippen molar-refractivity contribution in [2.24, 2.45) is 0 Å². The number of hydrogen-bond acceptors (Lipinski definition) is 4. The molecule has 1 saturated heterocycles. The largest absolute Gasteiger partial charge is 0.358 e. The summed E-state index contributed by atoms with van der Waals surface area (Å²) in [4.78, 5) is 13.1. The van der Waals surface area contributed by atoms with Crippen LogP contribution in [0.5, 0.6) is 0 Å². The van der Waals surface area contributed by atoms with Gasteiger partial charge in [-0.1, -0.05) is 30.3 Å². The zero-order valence-corrected chi connectivity index (χ0v) is 15.1. The van der Waals surface area contributed by atoms with Gasteiger partial charge in [0.2, 0.25) is 5.95 Å². The Kier molecular flexibility index (Phi) is 5.40. The number of anilines is 1. The summed E-state index contributed by atoms with van der Waals surface area (Å²) < 4.78 is 0.895. The van der Waals surface area contributed by atoms with Gasteiger partial charge in [0.05, 0.1) is 4.47 Å². The van der Waals surface area contributed by atoms with Crippen LogP contribution < -0.4 is 10.2 Å². The first-order valence-corrected chi connectivity index (χ1v) is 8.72. The van der Waals surface area contributed by atoms with E-state index < -0.39 is 0 Å². The van der Waals surface area contributed by atoms with E-state index in [9.17, 15) is 0 Å². The first-order valence-electron chi connectivity index (χ1n) is 7.51. The van der Waals surface area contributed by atoms with Crippen LogP contribution in [0, 0.1) is 0 Å². The summed E-state index contributed by atoms with van der Waals surface area (Å²) in [5.41, 5.74) is 1.23. The number of nitrogens with zero attached hydrogens (tertiary/aromatic N) is 4. The molecule has 0 bridgehead atoms. The average molecular weight is 392 g/mol. The Morgan fingerprint density at radius 3 is 2.39 bits per heavy atom. The molecule has 1 fully saturated rings. The van der Waals surface area contributed by atoms with Gasteiger partial charge in [0.15, 0.2) is 5.11 Å². The van der Waals surface area contributed by atoms with Crippen molar-refractivity contribution in [3.63, 3.8) is 0 Å². The third-order valence-corrected chi connectivity index (χ3v) is 4.56. The molecular weight excluding hydrogens is 374 g/mol. The Morgan fingerprint density at radius 2 is 1.74 bits per heavy atom. The number of halogens is 1. The van der Waals surface area contributed by atoms with Gasteiger partial charge in [-0.2, -0.15) is 0 Å². The second-order valence-corrected chi connectivity index (χ2v) is 6.62. The van der Waals surface area contributed by atoms with Gasteiger partial charge in [0.1, 0.15) is 0 Å². The maximum absolute atomic E-state index is 5.50. The molecule has 1 N–H and O–H groups in total. The minimum Gasteiger partial charge on any atom is -0.358 e. The van der Waals surface area contributed by atoms with Gasteiger partial charge in [-0.15, -0.1) is 0 Å². The van der Waals surface area contributed by atoms with Crippen LogP contribution in [-0.4, -0.2) is 46.2 Å². The second-order valence-electron chi connectivity index (χ2n) is 5.32. The molecule has 23 heavy (non-hydrogen) atoms. The minimum atomic E-state index is 0.760. The van der Waals surface area contributed by atoms with E-state index in [1.54, 1.807) is 12.4 Å². The van der Waals surface area contributed by atoms with Gasteiger partial charge in [-0.05, 0) is 33.7 Å². The molecule has 7 heteroatoms. The zero-order chi connectivity index (χ0) is 16.1. The molecule has 0 radical (unpaired) electrons.